The first kappa shape index (κ1) is 16.7. The van der Waals surface area contributed by atoms with Crippen molar-refractivity contribution in [3.8, 4) is 5.82 Å². The lowest BCUT2D eigenvalue weighted by molar-refractivity contribution is 0.166. The number of hydrogen-bond donors (Lipinski definition) is 3. The molecule has 0 saturated heterocycles. The predicted octanol–water partition coefficient (Wildman–Crippen LogP) is 1.14. The third kappa shape index (κ3) is 4.24. The number of nitrogens with zero attached hydrogens (tertiary/aromatic N) is 4. The Hall–Kier alpha value is -3.13. The van der Waals surface area contributed by atoms with E-state index in [1.165, 1.54) is 0 Å². The van der Waals surface area contributed by atoms with Crippen LogP contribution in [0.3, 0.4) is 0 Å². The van der Waals surface area contributed by atoms with Gasteiger partial charge in [0.1, 0.15) is 18.2 Å². The largest absolute Gasteiger partial charge is 0.385 e. The van der Waals surface area contributed by atoms with Gasteiger partial charge in [-0.3, -0.25) is 4.57 Å². The molecular weight excluding hydrogens is 320 g/mol. The highest BCUT2D eigenvalue weighted by molar-refractivity contribution is 5.73. The second-order valence-electron chi connectivity index (χ2n) is 5.62. The molecule has 1 atom stereocenters. The van der Waals surface area contributed by atoms with Gasteiger partial charge in [0.2, 0.25) is 0 Å². The summed E-state index contributed by atoms with van der Waals surface area (Å²) in [6.07, 6.45) is 7.93. The molecule has 8 heteroatoms. The van der Waals surface area contributed by atoms with Gasteiger partial charge in [-0.2, -0.15) is 0 Å². The van der Waals surface area contributed by atoms with Crippen molar-refractivity contribution in [1.29, 1.82) is 0 Å². The average molecular weight is 340 g/mol. The number of nitrogens with one attached hydrogen (secondary N) is 2. The Morgan fingerprint density at radius 1 is 1.28 bits per heavy atom. The van der Waals surface area contributed by atoms with E-state index in [9.17, 15) is 9.90 Å². The number of aliphatic hydroxyl groups excluding tert-OH is 1. The van der Waals surface area contributed by atoms with E-state index in [0.29, 0.717) is 6.54 Å². The zero-order valence-electron chi connectivity index (χ0n) is 13.8. The topological polar surface area (TPSA) is 97.0 Å². The Balaban J connectivity index is 1.49. The van der Waals surface area contributed by atoms with Crippen molar-refractivity contribution in [1.82, 2.24) is 29.7 Å². The van der Waals surface area contributed by atoms with E-state index in [1.54, 1.807) is 29.5 Å². The third-order valence-corrected chi connectivity index (χ3v) is 3.81. The standard InChI is InChI=1S/C17H20N6O2/c1-22-7-2-3-14(22)15(24)11-21-17(25)20-10-13-4-5-19-16(9-13)23-8-6-18-12-23/h2-9,12,15,24H,10-11H2,1H3,(H2,20,21,25)/t15-/m1/s1. The van der Waals surface area contributed by atoms with E-state index in [1.807, 2.05) is 42.1 Å². The summed E-state index contributed by atoms with van der Waals surface area (Å²) in [5, 5.41) is 15.5. The number of rotatable bonds is 6. The number of imidazole rings is 1. The van der Waals surface area contributed by atoms with Gasteiger partial charge in [-0.15, -0.1) is 0 Å². The first-order valence-electron chi connectivity index (χ1n) is 7.88. The molecular formula is C17H20N6O2. The molecule has 0 aliphatic carbocycles. The Morgan fingerprint density at radius 3 is 2.88 bits per heavy atom. The molecule has 25 heavy (non-hydrogen) atoms. The molecule has 0 spiro atoms. The highest BCUT2D eigenvalue weighted by atomic mass is 16.3. The summed E-state index contributed by atoms with van der Waals surface area (Å²) in [4.78, 5) is 20.2. The smallest absolute Gasteiger partial charge is 0.315 e. The van der Waals surface area contributed by atoms with E-state index in [0.717, 1.165) is 17.1 Å². The van der Waals surface area contributed by atoms with Crippen molar-refractivity contribution in [2.24, 2.45) is 7.05 Å². The second-order valence-corrected chi connectivity index (χ2v) is 5.62. The Bertz CT molecular complexity index is 827. The maximum atomic E-state index is 11.9. The maximum absolute atomic E-state index is 11.9. The van der Waals surface area contributed by atoms with E-state index in [4.69, 9.17) is 0 Å². The van der Waals surface area contributed by atoms with Crippen molar-refractivity contribution >= 4 is 6.03 Å². The molecule has 0 aliphatic heterocycles. The van der Waals surface area contributed by atoms with Crippen LogP contribution in [0.2, 0.25) is 0 Å². The van der Waals surface area contributed by atoms with E-state index >= 15 is 0 Å². The summed E-state index contributed by atoms with van der Waals surface area (Å²) in [7, 11) is 1.85. The number of hydrogen-bond acceptors (Lipinski definition) is 4. The van der Waals surface area contributed by atoms with Crippen LogP contribution >= 0.6 is 0 Å². The fourth-order valence-electron chi connectivity index (χ4n) is 2.47. The lowest BCUT2D eigenvalue weighted by Crippen LogP contribution is -2.37. The van der Waals surface area contributed by atoms with Gasteiger partial charge < -0.3 is 20.3 Å². The summed E-state index contributed by atoms with van der Waals surface area (Å²) in [5.74, 6) is 0.733. The zero-order valence-corrected chi connectivity index (χ0v) is 13.8. The van der Waals surface area contributed by atoms with Gasteiger partial charge in [0.25, 0.3) is 0 Å². The molecule has 3 rings (SSSR count). The van der Waals surface area contributed by atoms with E-state index in [2.05, 4.69) is 20.6 Å². The fraction of sp³-hybridized carbons (Fsp3) is 0.235. The molecule has 3 aromatic heterocycles. The minimum absolute atomic E-state index is 0.139. The molecule has 3 aromatic rings. The van der Waals surface area contributed by atoms with Crippen molar-refractivity contribution in [3.05, 3.63) is 66.6 Å². The number of amides is 2. The van der Waals surface area contributed by atoms with Crippen molar-refractivity contribution in [3.63, 3.8) is 0 Å². The van der Waals surface area contributed by atoms with Gasteiger partial charge in [0.15, 0.2) is 0 Å². The molecule has 0 radical (unpaired) electrons. The first-order valence-corrected chi connectivity index (χ1v) is 7.88. The Kier molecular flexibility index (Phi) is 5.10. The number of aliphatic hydroxyl groups is 1. The van der Waals surface area contributed by atoms with Crippen LogP contribution in [0.4, 0.5) is 4.79 Å². The maximum Gasteiger partial charge on any atom is 0.315 e. The highest BCUT2D eigenvalue weighted by Crippen LogP contribution is 2.11. The molecule has 0 aromatic carbocycles. The van der Waals surface area contributed by atoms with Crippen molar-refractivity contribution < 1.29 is 9.90 Å². The predicted molar refractivity (Wildman–Crippen MR) is 92.0 cm³/mol. The van der Waals surface area contributed by atoms with Gasteiger partial charge in [-0.1, -0.05) is 0 Å². The first-order chi connectivity index (χ1) is 12.1. The summed E-state index contributed by atoms with van der Waals surface area (Å²) in [6, 6.07) is 7.04. The number of urea groups is 1. The quantitative estimate of drug-likeness (QED) is 0.627. The number of aromatic nitrogens is 4. The van der Waals surface area contributed by atoms with Crippen LogP contribution in [0.5, 0.6) is 0 Å². The summed E-state index contributed by atoms with van der Waals surface area (Å²) in [6.45, 7) is 0.497. The molecule has 0 aliphatic rings. The van der Waals surface area contributed by atoms with Gasteiger partial charge in [-0.25, -0.2) is 14.8 Å². The minimum atomic E-state index is -0.750. The fourth-order valence-corrected chi connectivity index (χ4v) is 2.47. The number of carbonyl (C=O) groups excluding carboxylic acids is 1. The average Bonchev–Trinajstić information content (AvgIpc) is 3.30. The van der Waals surface area contributed by atoms with Gasteiger partial charge in [-0.05, 0) is 29.8 Å². The Labute approximate surface area is 145 Å². The van der Waals surface area contributed by atoms with Crippen LogP contribution in [0.25, 0.3) is 5.82 Å². The zero-order chi connectivity index (χ0) is 17.6. The lowest BCUT2D eigenvalue weighted by atomic mass is 10.2. The van der Waals surface area contributed by atoms with Gasteiger partial charge >= 0.3 is 6.03 Å². The molecule has 130 valence electrons. The van der Waals surface area contributed by atoms with Crippen LogP contribution in [0.1, 0.15) is 17.4 Å². The highest BCUT2D eigenvalue weighted by Gasteiger charge is 2.11. The molecule has 8 nitrogen and oxygen atoms in total. The normalized spacial score (nSPS) is 11.9. The van der Waals surface area contributed by atoms with Crippen LogP contribution in [0.15, 0.2) is 55.4 Å². The lowest BCUT2D eigenvalue weighted by Gasteiger charge is -2.14. The van der Waals surface area contributed by atoms with E-state index < -0.39 is 6.10 Å². The summed E-state index contributed by atoms with van der Waals surface area (Å²) in [5.41, 5.74) is 1.66. The third-order valence-electron chi connectivity index (χ3n) is 3.81. The van der Waals surface area contributed by atoms with Gasteiger partial charge in [0, 0.05) is 44.1 Å². The molecule has 2 amide bonds. The number of carbonyl (C=O) groups is 1. The Morgan fingerprint density at radius 2 is 2.16 bits per heavy atom. The molecule has 0 unspecified atom stereocenters. The summed E-state index contributed by atoms with van der Waals surface area (Å²) < 4.78 is 3.61. The second kappa shape index (κ2) is 7.63. The van der Waals surface area contributed by atoms with Crippen LogP contribution in [0, 0.1) is 0 Å². The molecule has 0 saturated carbocycles. The SMILES string of the molecule is Cn1cccc1[C@H](O)CNC(=O)NCc1ccnc(-n2ccnc2)c1. The van der Waals surface area contributed by atoms with Gasteiger partial charge in [0.05, 0.1) is 6.54 Å². The molecule has 0 bridgehead atoms. The minimum Gasteiger partial charge on any atom is -0.385 e. The van der Waals surface area contributed by atoms with Crippen LogP contribution in [-0.4, -0.2) is 36.8 Å². The van der Waals surface area contributed by atoms with Crippen molar-refractivity contribution in [2.45, 2.75) is 12.6 Å². The van der Waals surface area contributed by atoms with Crippen LogP contribution in [-0.2, 0) is 13.6 Å². The van der Waals surface area contributed by atoms with Crippen LogP contribution < -0.4 is 10.6 Å². The summed E-state index contributed by atoms with van der Waals surface area (Å²) >= 11 is 0. The molecule has 3 heterocycles. The number of aryl methyl sites for hydroxylation is 1. The van der Waals surface area contributed by atoms with E-state index in [-0.39, 0.29) is 12.6 Å². The molecule has 3 N–H and O–H groups in total. The number of pyridine rings is 1. The molecule has 0 fully saturated rings. The monoisotopic (exact) mass is 340 g/mol. The van der Waals surface area contributed by atoms with Crippen molar-refractivity contribution in [2.75, 3.05) is 6.54 Å².